The highest BCUT2D eigenvalue weighted by Gasteiger charge is 2.27. The maximum atomic E-state index is 14.8. The van der Waals surface area contributed by atoms with Crippen LogP contribution < -0.4 is 4.90 Å². The highest BCUT2D eigenvalue weighted by atomic mass is 32.2. The molecule has 8 heteroatoms. The van der Waals surface area contributed by atoms with Gasteiger partial charge < -0.3 is 14.5 Å². The van der Waals surface area contributed by atoms with Crippen molar-refractivity contribution in [1.29, 1.82) is 0 Å². The van der Waals surface area contributed by atoms with Gasteiger partial charge in [-0.3, -0.25) is 4.79 Å². The lowest BCUT2D eigenvalue weighted by Crippen LogP contribution is -2.49. The molecule has 0 saturated carbocycles. The molecule has 1 unspecified atom stereocenters. The molecular weight excluding hydrogens is 467 g/mol. The van der Waals surface area contributed by atoms with Crippen LogP contribution in [0, 0.1) is 5.82 Å². The van der Waals surface area contributed by atoms with E-state index < -0.39 is 9.84 Å². The maximum Gasteiger partial charge on any atom is 0.254 e. The van der Waals surface area contributed by atoms with E-state index in [1.807, 2.05) is 48.2 Å². The van der Waals surface area contributed by atoms with Gasteiger partial charge in [-0.15, -0.1) is 0 Å². The van der Waals surface area contributed by atoms with Crippen molar-refractivity contribution >= 4 is 21.4 Å². The smallest absolute Gasteiger partial charge is 0.254 e. The van der Waals surface area contributed by atoms with E-state index in [9.17, 15) is 17.6 Å². The first-order valence-electron chi connectivity index (χ1n) is 11.4. The first-order valence-corrected chi connectivity index (χ1v) is 13.3. The minimum absolute atomic E-state index is 0.103. The Kier molecular flexibility index (Phi) is 7.23. The molecule has 3 aromatic rings. The predicted octanol–water partition coefficient (Wildman–Crippen LogP) is 4.57. The summed E-state index contributed by atoms with van der Waals surface area (Å²) >= 11 is 0. The predicted molar refractivity (Wildman–Crippen MR) is 135 cm³/mol. The van der Waals surface area contributed by atoms with Crippen molar-refractivity contribution < 1.29 is 22.3 Å². The molecule has 184 valence electrons. The van der Waals surface area contributed by atoms with E-state index in [0.717, 1.165) is 17.4 Å². The first kappa shape index (κ1) is 24.9. The van der Waals surface area contributed by atoms with Gasteiger partial charge in [0.25, 0.3) is 5.91 Å². The van der Waals surface area contributed by atoms with E-state index in [-0.39, 0.29) is 22.7 Å². The fourth-order valence-corrected chi connectivity index (χ4v) is 4.94. The molecule has 0 N–H and O–H groups in total. The third-order valence-corrected chi connectivity index (χ3v) is 7.55. The lowest BCUT2D eigenvalue weighted by molar-refractivity contribution is 0.0747. The third kappa shape index (κ3) is 5.39. The molecular formula is C27H29FN2O4S. The van der Waals surface area contributed by atoms with Crippen molar-refractivity contribution in [1.82, 2.24) is 4.90 Å². The van der Waals surface area contributed by atoms with Crippen LogP contribution in [-0.4, -0.2) is 58.8 Å². The second-order valence-corrected chi connectivity index (χ2v) is 10.7. The Bertz CT molecular complexity index is 1320. The molecule has 3 aromatic carbocycles. The normalized spacial score (nSPS) is 15.2. The Morgan fingerprint density at radius 3 is 2.26 bits per heavy atom. The molecule has 0 bridgehead atoms. The highest BCUT2D eigenvalue weighted by molar-refractivity contribution is 7.90. The zero-order valence-electron chi connectivity index (χ0n) is 20.1. The summed E-state index contributed by atoms with van der Waals surface area (Å²) in [4.78, 5) is 17.3. The summed E-state index contributed by atoms with van der Waals surface area (Å²) in [5.74, 6) is -0.558. The van der Waals surface area contributed by atoms with Crippen molar-refractivity contribution in [3.63, 3.8) is 0 Å². The molecule has 1 atom stereocenters. The number of nitrogens with zero attached hydrogens (tertiary/aromatic N) is 2. The van der Waals surface area contributed by atoms with Gasteiger partial charge in [0.2, 0.25) is 0 Å². The largest absolute Gasteiger partial charge is 0.377 e. The second kappa shape index (κ2) is 10.2. The molecule has 1 heterocycles. The van der Waals surface area contributed by atoms with E-state index in [1.54, 1.807) is 24.1 Å². The molecule has 4 rings (SSSR count). The highest BCUT2D eigenvalue weighted by Crippen LogP contribution is 2.29. The fraction of sp³-hybridized carbons (Fsp3) is 0.296. The summed E-state index contributed by atoms with van der Waals surface area (Å²) in [6.45, 7) is 3.58. The summed E-state index contributed by atoms with van der Waals surface area (Å²) in [6.07, 6.45) is 0.930. The van der Waals surface area contributed by atoms with Gasteiger partial charge in [-0.25, -0.2) is 12.8 Å². The number of carbonyl (C=O) groups excluding carboxylic acids is 1. The van der Waals surface area contributed by atoms with Crippen molar-refractivity contribution in [3.05, 3.63) is 83.7 Å². The molecule has 1 saturated heterocycles. The van der Waals surface area contributed by atoms with Gasteiger partial charge in [0.1, 0.15) is 5.82 Å². The molecule has 1 aliphatic heterocycles. The van der Waals surface area contributed by atoms with Gasteiger partial charge in [0.15, 0.2) is 9.84 Å². The Balaban J connectivity index is 1.57. The van der Waals surface area contributed by atoms with Crippen molar-refractivity contribution in [3.8, 4) is 11.1 Å². The summed E-state index contributed by atoms with van der Waals surface area (Å²) in [5.41, 5.74) is 3.12. The van der Waals surface area contributed by atoms with E-state index >= 15 is 0 Å². The van der Waals surface area contributed by atoms with Crippen LogP contribution in [0.15, 0.2) is 71.6 Å². The van der Waals surface area contributed by atoms with Gasteiger partial charge >= 0.3 is 0 Å². The van der Waals surface area contributed by atoms with Gasteiger partial charge in [-0.1, -0.05) is 42.5 Å². The number of ether oxygens (including phenoxy) is 1. The number of benzene rings is 3. The van der Waals surface area contributed by atoms with E-state index in [0.29, 0.717) is 43.0 Å². The average molecular weight is 497 g/mol. The summed E-state index contributed by atoms with van der Waals surface area (Å²) in [6, 6.07) is 19.2. The number of carbonyl (C=O) groups is 1. The second-order valence-electron chi connectivity index (χ2n) is 8.71. The van der Waals surface area contributed by atoms with Crippen LogP contribution in [0.3, 0.4) is 0 Å². The molecule has 1 fully saturated rings. The number of methoxy groups -OCH3 is 1. The van der Waals surface area contributed by atoms with Crippen molar-refractivity contribution in [2.24, 2.45) is 0 Å². The van der Waals surface area contributed by atoms with Gasteiger partial charge in [0.05, 0.1) is 16.7 Å². The molecule has 35 heavy (non-hydrogen) atoms. The van der Waals surface area contributed by atoms with Crippen molar-refractivity contribution in [2.75, 3.05) is 44.4 Å². The fourth-order valence-electron chi connectivity index (χ4n) is 4.29. The van der Waals surface area contributed by atoms with Gasteiger partial charge in [-0.05, 0) is 47.9 Å². The van der Waals surface area contributed by atoms with E-state index in [1.165, 1.54) is 18.2 Å². The molecule has 0 radical (unpaired) electrons. The summed E-state index contributed by atoms with van der Waals surface area (Å²) in [5, 5.41) is 0. The molecule has 1 amide bonds. The van der Waals surface area contributed by atoms with Crippen LogP contribution in [0.1, 0.15) is 28.9 Å². The van der Waals surface area contributed by atoms with Crippen LogP contribution >= 0.6 is 0 Å². The standard InChI is InChI=1S/C27H29FN2O4S/c1-19(34-2)21-9-12-26(25(28)17-21)29-13-15-30(16-14-29)27(31)24-18-22(35(3,32)33)10-11-23(24)20-7-5-4-6-8-20/h4-12,17-19H,13-16H2,1-3H3. The topological polar surface area (TPSA) is 66.9 Å². The molecule has 1 aliphatic rings. The number of sulfone groups is 1. The minimum Gasteiger partial charge on any atom is -0.377 e. The SMILES string of the molecule is COC(C)c1ccc(N2CCN(C(=O)c3cc(S(C)(=O)=O)ccc3-c3ccccc3)CC2)c(F)c1. The lowest BCUT2D eigenvalue weighted by Gasteiger charge is -2.36. The van der Waals surface area contributed by atoms with E-state index in [2.05, 4.69) is 0 Å². The first-order chi connectivity index (χ1) is 16.7. The summed E-state index contributed by atoms with van der Waals surface area (Å²) in [7, 11) is -1.89. The van der Waals surface area contributed by atoms with Crippen molar-refractivity contribution in [2.45, 2.75) is 17.9 Å². The molecule has 0 aromatic heterocycles. The number of anilines is 1. The Labute approximate surface area is 205 Å². The Hall–Kier alpha value is -3.23. The van der Waals surface area contributed by atoms with Crippen LogP contribution in [0.4, 0.5) is 10.1 Å². The number of piperazine rings is 1. The Morgan fingerprint density at radius 2 is 1.66 bits per heavy atom. The van der Waals surface area contributed by atoms with Gasteiger partial charge in [-0.2, -0.15) is 0 Å². The van der Waals surface area contributed by atoms with E-state index in [4.69, 9.17) is 4.74 Å². The number of halogens is 1. The van der Waals surface area contributed by atoms with Crippen LogP contribution in [0.25, 0.3) is 11.1 Å². The number of hydrogen-bond donors (Lipinski definition) is 0. The zero-order chi connectivity index (χ0) is 25.2. The molecule has 6 nitrogen and oxygen atoms in total. The quantitative estimate of drug-likeness (QED) is 0.500. The molecule has 0 spiro atoms. The number of amides is 1. The Morgan fingerprint density at radius 1 is 0.971 bits per heavy atom. The van der Waals surface area contributed by atoms with Crippen LogP contribution in [0.5, 0.6) is 0 Å². The third-order valence-electron chi connectivity index (χ3n) is 6.44. The zero-order valence-corrected chi connectivity index (χ0v) is 20.9. The average Bonchev–Trinajstić information content (AvgIpc) is 2.87. The monoisotopic (exact) mass is 496 g/mol. The number of rotatable bonds is 6. The van der Waals surface area contributed by atoms with Crippen LogP contribution in [-0.2, 0) is 14.6 Å². The minimum atomic E-state index is -3.48. The maximum absolute atomic E-state index is 14.8. The lowest BCUT2D eigenvalue weighted by atomic mass is 9.98. The summed E-state index contributed by atoms with van der Waals surface area (Å²) < 4.78 is 44.4. The number of hydrogen-bond acceptors (Lipinski definition) is 5. The van der Waals surface area contributed by atoms with Gasteiger partial charge in [0, 0.05) is 45.1 Å². The molecule has 0 aliphatic carbocycles. The van der Waals surface area contributed by atoms with Crippen LogP contribution in [0.2, 0.25) is 0 Å².